The molecule has 0 bridgehead atoms. The van der Waals surface area contributed by atoms with Gasteiger partial charge in [-0.05, 0) is 52.0 Å². The Morgan fingerprint density at radius 2 is 1.86 bits per heavy atom. The maximum absolute atomic E-state index is 6.23. The van der Waals surface area contributed by atoms with Gasteiger partial charge in [0.2, 0.25) is 0 Å². The lowest BCUT2D eigenvalue weighted by Gasteiger charge is -2.43. The number of piperazine rings is 1. The standard InChI is InChI=1S/C22H30N4O2/c1-5-27-14-16-13-18-20(28-16)17-7-6-15(12-19(17)24-21(18)23)25-8-10-26(11-9-25)22(2,3)4/h6-7,12-13H,5,8-11,14H2,1-4H3,(H2,23,24). The van der Waals surface area contributed by atoms with Gasteiger partial charge in [-0.15, -0.1) is 0 Å². The van der Waals surface area contributed by atoms with Gasteiger partial charge in [0, 0.05) is 49.4 Å². The fraction of sp³-hybridized carbons (Fsp3) is 0.500. The Hall–Kier alpha value is -2.31. The fourth-order valence-electron chi connectivity index (χ4n) is 3.93. The third-order valence-corrected chi connectivity index (χ3v) is 5.57. The zero-order valence-electron chi connectivity index (χ0n) is 17.3. The molecule has 6 nitrogen and oxygen atoms in total. The van der Waals surface area contributed by atoms with Gasteiger partial charge in [-0.3, -0.25) is 4.90 Å². The number of anilines is 2. The molecule has 2 aromatic heterocycles. The van der Waals surface area contributed by atoms with Crippen molar-refractivity contribution in [3.63, 3.8) is 0 Å². The first-order valence-electron chi connectivity index (χ1n) is 10.1. The van der Waals surface area contributed by atoms with Crippen LogP contribution in [-0.4, -0.2) is 48.2 Å². The van der Waals surface area contributed by atoms with E-state index in [1.807, 2.05) is 13.0 Å². The summed E-state index contributed by atoms with van der Waals surface area (Å²) in [6.07, 6.45) is 0. The molecule has 0 unspecified atom stereocenters. The lowest BCUT2D eigenvalue weighted by atomic mass is 10.0. The van der Waals surface area contributed by atoms with Crippen molar-refractivity contribution in [1.82, 2.24) is 9.88 Å². The Morgan fingerprint density at radius 3 is 2.54 bits per heavy atom. The van der Waals surface area contributed by atoms with E-state index >= 15 is 0 Å². The number of nitrogens with two attached hydrogens (primary N) is 1. The average molecular weight is 383 g/mol. The highest BCUT2D eigenvalue weighted by molar-refractivity contribution is 6.07. The lowest BCUT2D eigenvalue weighted by molar-refractivity contribution is 0.119. The molecule has 1 saturated heterocycles. The minimum atomic E-state index is 0.218. The maximum atomic E-state index is 6.23. The zero-order chi connectivity index (χ0) is 19.9. The Bertz CT molecular complexity index is 982. The summed E-state index contributed by atoms with van der Waals surface area (Å²) in [5, 5.41) is 1.85. The second-order valence-corrected chi connectivity index (χ2v) is 8.44. The smallest absolute Gasteiger partial charge is 0.147 e. The molecule has 150 valence electrons. The molecule has 28 heavy (non-hydrogen) atoms. The van der Waals surface area contributed by atoms with E-state index in [-0.39, 0.29) is 5.54 Å². The Balaban J connectivity index is 1.63. The summed E-state index contributed by atoms with van der Waals surface area (Å²) < 4.78 is 11.5. The van der Waals surface area contributed by atoms with E-state index in [1.165, 1.54) is 5.69 Å². The SMILES string of the molecule is CCOCc1cc2c(N)nc3cc(N4CCN(C(C)(C)C)CC4)ccc3c2o1. The summed E-state index contributed by atoms with van der Waals surface area (Å²) >= 11 is 0. The first kappa shape index (κ1) is 19.0. The van der Waals surface area contributed by atoms with Crippen molar-refractivity contribution < 1.29 is 9.15 Å². The van der Waals surface area contributed by atoms with Crippen molar-refractivity contribution in [2.75, 3.05) is 43.4 Å². The molecule has 0 atom stereocenters. The molecule has 3 heterocycles. The van der Waals surface area contributed by atoms with E-state index in [9.17, 15) is 0 Å². The van der Waals surface area contributed by atoms with Gasteiger partial charge in [0.1, 0.15) is 23.8 Å². The molecule has 1 fully saturated rings. The van der Waals surface area contributed by atoms with Crippen molar-refractivity contribution in [1.29, 1.82) is 0 Å². The summed E-state index contributed by atoms with van der Waals surface area (Å²) in [4.78, 5) is 9.60. The Morgan fingerprint density at radius 1 is 1.11 bits per heavy atom. The van der Waals surface area contributed by atoms with Crippen molar-refractivity contribution in [2.45, 2.75) is 39.8 Å². The van der Waals surface area contributed by atoms with Crippen LogP contribution in [0.2, 0.25) is 0 Å². The maximum Gasteiger partial charge on any atom is 0.147 e. The van der Waals surface area contributed by atoms with Gasteiger partial charge in [0.05, 0.1) is 10.9 Å². The number of pyridine rings is 1. The molecule has 0 amide bonds. The summed E-state index contributed by atoms with van der Waals surface area (Å²) in [6.45, 7) is 14.1. The molecule has 0 aliphatic carbocycles. The summed E-state index contributed by atoms with van der Waals surface area (Å²) in [5.41, 5.74) is 9.30. The van der Waals surface area contributed by atoms with E-state index in [0.29, 0.717) is 19.0 Å². The van der Waals surface area contributed by atoms with E-state index < -0.39 is 0 Å². The molecule has 6 heteroatoms. The van der Waals surface area contributed by atoms with Crippen LogP contribution < -0.4 is 10.6 Å². The molecule has 4 rings (SSSR count). The average Bonchev–Trinajstić information content (AvgIpc) is 3.10. The van der Waals surface area contributed by atoms with Crippen molar-refractivity contribution in [3.8, 4) is 0 Å². The van der Waals surface area contributed by atoms with Crippen LogP contribution in [0.25, 0.3) is 21.9 Å². The second-order valence-electron chi connectivity index (χ2n) is 8.44. The number of hydrogen-bond acceptors (Lipinski definition) is 6. The van der Waals surface area contributed by atoms with Gasteiger partial charge < -0.3 is 19.8 Å². The second kappa shape index (κ2) is 7.26. The van der Waals surface area contributed by atoms with Gasteiger partial charge >= 0.3 is 0 Å². The number of benzene rings is 1. The van der Waals surface area contributed by atoms with Crippen molar-refractivity contribution in [2.24, 2.45) is 0 Å². The van der Waals surface area contributed by atoms with Crippen LogP contribution in [0.4, 0.5) is 11.5 Å². The molecule has 1 aliphatic rings. The minimum Gasteiger partial charge on any atom is -0.458 e. The highest BCUT2D eigenvalue weighted by Crippen LogP contribution is 2.33. The number of furan rings is 1. The molecular weight excluding hydrogens is 352 g/mol. The highest BCUT2D eigenvalue weighted by Gasteiger charge is 2.26. The quantitative estimate of drug-likeness (QED) is 0.735. The lowest BCUT2D eigenvalue weighted by Crippen LogP contribution is -2.53. The van der Waals surface area contributed by atoms with Crippen LogP contribution in [-0.2, 0) is 11.3 Å². The van der Waals surface area contributed by atoms with Crippen molar-refractivity contribution >= 4 is 33.4 Å². The number of aromatic nitrogens is 1. The van der Waals surface area contributed by atoms with Crippen LogP contribution in [0, 0.1) is 0 Å². The monoisotopic (exact) mass is 382 g/mol. The first-order valence-corrected chi connectivity index (χ1v) is 10.1. The summed E-state index contributed by atoms with van der Waals surface area (Å²) in [5.74, 6) is 1.28. The van der Waals surface area contributed by atoms with Crippen LogP contribution in [0.1, 0.15) is 33.5 Å². The molecule has 0 radical (unpaired) electrons. The van der Waals surface area contributed by atoms with Crippen molar-refractivity contribution in [3.05, 3.63) is 30.0 Å². The largest absolute Gasteiger partial charge is 0.458 e. The number of rotatable bonds is 4. The number of nitrogens with zero attached hydrogens (tertiary/aromatic N) is 3. The highest BCUT2D eigenvalue weighted by atomic mass is 16.5. The first-order chi connectivity index (χ1) is 13.4. The van der Waals surface area contributed by atoms with E-state index in [2.05, 4.69) is 53.8 Å². The molecule has 2 N–H and O–H groups in total. The third-order valence-electron chi connectivity index (χ3n) is 5.57. The number of fused-ring (bicyclic) bond motifs is 3. The van der Waals surface area contributed by atoms with Crippen LogP contribution >= 0.6 is 0 Å². The van der Waals surface area contributed by atoms with Gasteiger partial charge in [-0.1, -0.05) is 0 Å². The predicted octanol–water partition coefficient (Wildman–Crippen LogP) is 4.02. The van der Waals surface area contributed by atoms with Gasteiger partial charge in [0.25, 0.3) is 0 Å². The third kappa shape index (κ3) is 3.54. The zero-order valence-corrected chi connectivity index (χ0v) is 17.3. The minimum absolute atomic E-state index is 0.218. The molecule has 3 aromatic rings. The van der Waals surface area contributed by atoms with E-state index in [1.54, 1.807) is 0 Å². The van der Waals surface area contributed by atoms with Gasteiger partial charge in [-0.2, -0.15) is 0 Å². The van der Waals surface area contributed by atoms with E-state index in [0.717, 1.165) is 53.8 Å². The molecule has 1 aromatic carbocycles. The summed E-state index contributed by atoms with van der Waals surface area (Å²) in [7, 11) is 0. The molecular formula is C22H30N4O2. The number of hydrogen-bond donors (Lipinski definition) is 1. The molecule has 0 spiro atoms. The molecule has 0 saturated carbocycles. The van der Waals surface area contributed by atoms with Crippen LogP contribution in [0.5, 0.6) is 0 Å². The van der Waals surface area contributed by atoms with Gasteiger partial charge in [0.15, 0.2) is 0 Å². The molecule has 1 aliphatic heterocycles. The van der Waals surface area contributed by atoms with Crippen LogP contribution in [0.3, 0.4) is 0 Å². The van der Waals surface area contributed by atoms with Crippen LogP contribution in [0.15, 0.2) is 28.7 Å². The Labute approximate surface area is 166 Å². The number of nitrogen functional groups attached to an aromatic ring is 1. The Kier molecular flexibility index (Phi) is 4.93. The topological polar surface area (TPSA) is 67.8 Å². The normalized spacial score (nSPS) is 16.4. The number of ether oxygens (including phenoxy) is 1. The predicted molar refractivity (Wildman–Crippen MR) is 115 cm³/mol. The fourth-order valence-corrected chi connectivity index (χ4v) is 3.93. The van der Waals surface area contributed by atoms with Gasteiger partial charge in [-0.25, -0.2) is 4.98 Å². The summed E-state index contributed by atoms with van der Waals surface area (Å²) in [6, 6.07) is 8.33. The van der Waals surface area contributed by atoms with E-state index in [4.69, 9.17) is 14.9 Å².